The van der Waals surface area contributed by atoms with Gasteiger partial charge in [-0.2, -0.15) is 4.39 Å². The third-order valence-corrected chi connectivity index (χ3v) is 4.20. The molecule has 0 aliphatic carbocycles. The molecule has 13 nitrogen and oxygen atoms in total. The number of methoxy groups -OCH3 is 3. The highest BCUT2D eigenvalue weighted by atomic mass is 19.1. The lowest BCUT2D eigenvalue weighted by Crippen LogP contribution is -2.10. The summed E-state index contributed by atoms with van der Waals surface area (Å²) in [7, 11) is 3.36. The molecule has 0 unspecified atom stereocenters. The highest BCUT2D eigenvalue weighted by molar-refractivity contribution is 6.18. The maximum absolute atomic E-state index is 12.8. The van der Waals surface area contributed by atoms with E-state index in [0.29, 0.717) is 0 Å². The molecule has 2 aromatic carbocycles. The molecule has 0 radical (unpaired) electrons. The van der Waals surface area contributed by atoms with Crippen molar-refractivity contribution in [3.05, 3.63) is 84.9 Å². The number of carbonyl (C=O) groups excluding carboxylic acids is 3. The van der Waals surface area contributed by atoms with Crippen LogP contribution in [0.15, 0.2) is 42.2 Å². The number of hydrogen-bond donors (Lipinski definition) is 1. The summed E-state index contributed by atoms with van der Waals surface area (Å²) in [6.45, 7) is 1.20. The minimum absolute atomic E-state index is 0. The highest BCUT2D eigenvalue weighted by Gasteiger charge is 2.26. The Morgan fingerprint density at radius 1 is 0.833 bits per heavy atom. The summed E-state index contributed by atoms with van der Waals surface area (Å²) in [6.07, 6.45) is 0. The number of nitro benzene ring substituents is 2. The number of aliphatic hydroxyl groups excluding tert-OH is 1. The maximum Gasteiger partial charge on any atom is 0.342 e. The largest absolute Gasteiger partial charge is 0.512 e. The normalized spacial score (nSPS) is 10.4. The number of nitro groups is 2. The van der Waals surface area contributed by atoms with Crippen LogP contribution < -0.4 is 0 Å². The van der Waals surface area contributed by atoms with Gasteiger partial charge >= 0.3 is 23.6 Å². The number of halogens is 1. The number of aliphatic hydroxyl groups is 1. The molecular formula is C22H23FN2O11. The van der Waals surface area contributed by atoms with Crippen molar-refractivity contribution in [3.63, 3.8) is 0 Å². The molecule has 0 saturated carbocycles. The Morgan fingerprint density at radius 2 is 1.28 bits per heavy atom. The minimum atomic E-state index is -0.984. The molecule has 0 heterocycles. The number of carbonyl (C=O) groups is 3. The average Bonchev–Trinajstić information content (AvgIpc) is 2.83. The van der Waals surface area contributed by atoms with E-state index in [1.807, 2.05) is 0 Å². The van der Waals surface area contributed by atoms with E-state index >= 15 is 0 Å². The molecule has 0 amide bonds. The van der Waals surface area contributed by atoms with Crippen molar-refractivity contribution in [1.29, 1.82) is 0 Å². The molecule has 0 bridgehead atoms. The van der Waals surface area contributed by atoms with Gasteiger partial charge in [-0.1, -0.05) is 7.43 Å². The molecule has 36 heavy (non-hydrogen) atoms. The smallest absolute Gasteiger partial charge is 0.342 e. The van der Waals surface area contributed by atoms with Crippen LogP contribution in [-0.4, -0.2) is 54.2 Å². The van der Waals surface area contributed by atoms with Gasteiger partial charge < -0.3 is 19.3 Å². The van der Waals surface area contributed by atoms with Crippen LogP contribution in [0.4, 0.5) is 15.8 Å². The van der Waals surface area contributed by atoms with E-state index in [0.717, 1.165) is 45.6 Å². The van der Waals surface area contributed by atoms with Gasteiger partial charge in [-0.3, -0.25) is 20.2 Å². The summed E-state index contributed by atoms with van der Waals surface area (Å²) in [6, 6.07) is 6.20. The van der Waals surface area contributed by atoms with Crippen molar-refractivity contribution in [2.24, 2.45) is 0 Å². The Balaban J connectivity index is 0.000000713. The topological polar surface area (TPSA) is 185 Å². The number of hydrogen-bond acceptors (Lipinski definition) is 11. The third kappa shape index (κ3) is 7.58. The summed E-state index contributed by atoms with van der Waals surface area (Å²) in [5, 5.41) is 31.0. The molecule has 0 aromatic heterocycles. The highest BCUT2D eigenvalue weighted by Crippen LogP contribution is 2.30. The number of allylic oxidation sites excluding steroid dienone is 1. The lowest BCUT2D eigenvalue weighted by molar-refractivity contribution is -0.387. The predicted molar refractivity (Wildman–Crippen MR) is 123 cm³/mol. The van der Waals surface area contributed by atoms with E-state index < -0.39 is 50.7 Å². The molecule has 2 rings (SSSR count). The minimum Gasteiger partial charge on any atom is -0.512 e. The summed E-state index contributed by atoms with van der Waals surface area (Å²) >= 11 is 0. The van der Waals surface area contributed by atoms with Crippen LogP contribution in [0.3, 0.4) is 0 Å². The second kappa shape index (κ2) is 13.7. The fourth-order valence-electron chi connectivity index (χ4n) is 2.59. The van der Waals surface area contributed by atoms with Crippen molar-refractivity contribution >= 4 is 34.9 Å². The van der Waals surface area contributed by atoms with E-state index in [1.165, 1.54) is 19.1 Å². The zero-order valence-corrected chi connectivity index (χ0v) is 18.8. The molecule has 0 saturated heterocycles. The molecule has 0 fully saturated rings. The summed E-state index contributed by atoms with van der Waals surface area (Å²) in [5.74, 6) is -3.84. The van der Waals surface area contributed by atoms with E-state index in [4.69, 9.17) is 0 Å². The fourth-order valence-corrected chi connectivity index (χ4v) is 2.59. The molecule has 194 valence electrons. The van der Waals surface area contributed by atoms with Crippen molar-refractivity contribution in [1.82, 2.24) is 0 Å². The molecule has 0 atom stereocenters. The van der Waals surface area contributed by atoms with Crippen molar-refractivity contribution in [2.45, 2.75) is 14.4 Å². The Morgan fingerprint density at radius 3 is 1.67 bits per heavy atom. The maximum atomic E-state index is 12.8. The van der Waals surface area contributed by atoms with Gasteiger partial charge in [-0.05, 0) is 31.2 Å². The van der Waals surface area contributed by atoms with E-state index in [-0.39, 0.29) is 29.7 Å². The number of rotatable bonds is 6. The Labute approximate surface area is 204 Å². The van der Waals surface area contributed by atoms with Crippen LogP contribution >= 0.6 is 0 Å². The van der Waals surface area contributed by atoms with Gasteiger partial charge in [-0.15, -0.1) is 0 Å². The Kier molecular flexibility index (Phi) is 11.9. The molecule has 1 N–H and O–H groups in total. The first-order chi connectivity index (χ1) is 16.4. The Hall–Kier alpha value is -4.88. The van der Waals surface area contributed by atoms with E-state index in [9.17, 15) is 44.1 Å². The van der Waals surface area contributed by atoms with Gasteiger partial charge in [0.15, 0.2) is 0 Å². The first kappa shape index (κ1) is 31.1. The third-order valence-electron chi connectivity index (χ3n) is 4.20. The lowest BCUT2D eigenvalue weighted by Gasteiger charge is -2.08. The van der Waals surface area contributed by atoms with Crippen LogP contribution in [-0.2, 0) is 19.0 Å². The van der Waals surface area contributed by atoms with Crippen LogP contribution in [0.2, 0.25) is 0 Å². The second-order valence-corrected chi connectivity index (χ2v) is 6.35. The van der Waals surface area contributed by atoms with E-state index in [1.54, 1.807) is 0 Å². The zero-order chi connectivity index (χ0) is 26.9. The summed E-state index contributed by atoms with van der Waals surface area (Å²) < 4.78 is 26.1. The van der Waals surface area contributed by atoms with E-state index in [2.05, 4.69) is 14.2 Å². The second-order valence-electron chi connectivity index (χ2n) is 6.35. The molecule has 0 aliphatic heterocycles. The van der Waals surface area contributed by atoms with Crippen molar-refractivity contribution in [3.8, 4) is 0 Å². The van der Waals surface area contributed by atoms with Gasteiger partial charge in [0.2, 0.25) is 5.82 Å². The molecule has 0 aliphatic rings. The van der Waals surface area contributed by atoms with Crippen molar-refractivity contribution in [2.75, 3.05) is 21.3 Å². The number of nitrogens with zero attached hydrogens (tertiary/aromatic N) is 2. The summed E-state index contributed by atoms with van der Waals surface area (Å²) in [5.41, 5.74) is -1.87. The first-order valence-corrected chi connectivity index (χ1v) is 9.27. The van der Waals surface area contributed by atoms with Gasteiger partial charge in [-0.25, -0.2) is 14.4 Å². The number of benzene rings is 2. The zero-order valence-electron chi connectivity index (χ0n) is 18.8. The van der Waals surface area contributed by atoms with Gasteiger partial charge in [0.05, 0.1) is 47.9 Å². The molecule has 0 spiro atoms. The Bertz CT molecular complexity index is 1200. The SMILES string of the molecule is C.COC(=O)/C(=C(/C)O)c1ccc(C(=O)OC)cc1[N+](=O)[O-].COC(=O)c1ccc(F)c([N+](=O)[O-])c1. The number of ether oxygens (including phenoxy) is 3. The fraction of sp³-hybridized carbons (Fsp3) is 0.227. The summed E-state index contributed by atoms with van der Waals surface area (Å²) in [4.78, 5) is 53.7. The van der Waals surface area contributed by atoms with Crippen LogP contribution in [0.5, 0.6) is 0 Å². The lowest BCUT2D eigenvalue weighted by atomic mass is 10.0. The standard InChI is InChI=1S/C13H13NO7.C8H6FNO4.CH4/c1-7(15)11(13(17)21-3)9-5-4-8(12(16)20-2)6-10(9)14(18)19;1-14-8(11)5-2-3-6(9)7(4-5)10(12)13;/h4-6,15H,1-3H3;2-4H,1H3;1H4/b11-7-;;. The van der Waals surface area contributed by atoms with Crippen LogP contribution in [0.25, 0.3) is 5.57 Å². The molecular weight excluding hydrogens is 487 g/mol. The van der Waals surface area contributed by atoms with Crippen molar-refractivity contribution < 1.29 is 47.9 Å². The van der Waals surface area contributed by atoms with Gasteiger partial charge in [0.1, 0.15) is 11.3 Å². The monoisotopic (exact) mass is 510 g/mol. The van der Waals surface area contributed by atoms with Gasteiger partial charge in [0, 0.05) is 12.1 Å². The van der Waals surface area contributed by atoms with Crippen LogP contribution in [0.1, 0.15) is 40.6 Å². The van der Waals surface area contributed by atoms with Crippen LogP contribution in [0, 0.1) is 26.0 Å². The average molecular weight is 510 g/mol. The number of esters is 3. The molecule has 14 heteroatoms. The predicted octanol–water partition coefficient (Wildman–Crippen LogP) is 4.00. The molecule has 2 aromatic rings. The first-order valence-electron chi connectivity index (χ1n) is 9.27. The van der Waals surface area contributed by atoms with Gasteiger partial charge in [0.25, 0.3) is 5.69 Å². The quantitative estimate of drug-likeness (QED) is 0.148.